The van der Waals surface area contributed by atoms with E-state index < -0.39 is 10.8 Å². The van der Waals surface area contributed by atoms with Crippen LogP contribution < -0.4 is 15.1 Å². The van der Waals surface area contributed by atoms with Crippen molar-refractivity contribution in [2.45, 2.75) is 20.8 Å². The number of carbonyl (C=O) groups is 1. The Morgan fingerprint density at radius 1 is 1.21 bits per heavy atom. The highest BCUT2D eigenvalue weighted by molar-refractivity contribution is 5.83. The number of ether oxygens (including phenoxy) is 1. The Bertz CT molecular complexity index is 846. The Hall–Kier alpha value is -3.42. The molecule has 0 aliphatic carbocycles. The maximum Gasteiger partial charge on any atom is 0.311 e. The molecule has 0 aromatic heterocycles. The van der Waals surface area contributed by atoms with Crippen LogP contribution in [0.2, 0.25) is 0 Å². The second-order valence-corrected chi connectivity index (χ2v) is 6.07. The molecule has 0 spiro atoms. The van der Waals surface area contributed by atoms with Gasteiger partial charge in [-0.1, -0.05) is 18.2 Å². The first-order valence-electron chi connectivity index (χ1n) is 8.99. The van der Waals surface area contributed by atoms with Gasteiger partial charge in [-0.2, -0.15) is 5.10 Å². The maximum atomic E-state index is 11.8. The van der Waals surface area contributed by atoms with Crippen LogP contribution in [0.4, 0.5) is 11.4 Å². The molecule has 1 N–H and O–H groups in total. The lowest BCUT2D eigenvalue weighted by Gasteiger charge is -2.20. The van der Waals surface area contributed by atoms with Gasteiger partial charge in [0.25, 0.3) is 5.91 Å². The van der Waals surface area contributed by atoms with Crippen LogP contribution in [0.3, 0.4) is 0 Å². The summed E-state index contributed by atoms with van der Waals surface area (Å²) in [5.74, 6) is -0.465. The Morgan fingerprint density at radius 3 is 2.50 bits per heavy atom. The highest BCUT2D eigenvalue weighted by Crippen LogP contribution is 2.27. The lowest BCUT2D eigenvalue weighted by atomic mass is 10.2. The normalized spacial score (nSPS) is 10.7. The van der Waals surface area contributed by atoms with Crippen molar-refractivity contribution in [3.8, 4) is 5.75 Å². The zero-order chi connectivity index (χ0) is 20.5. The first-order valence-corrected chi connectivity index (χ1v) is 8.99. The molecule has 0 bridgehead atoms. The molecular weight excluding hydrogens is 360 g/mol. The Morgan fingerprint density at radius 2 is 1.89 bits per heavy atom. The zero-order valence-corrected chi connectivity index (χ0v) is 16.2. The van der Waals surface area contributed by atoms with E-state index in [0.717, 1.165) is 29.9 Å². The summed E-state index contributed by atoms with van der Waals surface area (Å²) < 4.78 is 5.25. The summed E-state index contributed by atoms with van der Waals surface area (Å²) in [5.41, 5.74) is 4.87. The van der Waals surface area contributed by atoms with Crippen LogP contribution in [0.15, 0.2) is 47.6 Å². The minimum absolute atomic E-state index is 0.0433. The van der Waals surface area contributed by atoms with Gasteiger partial charge in [0.2, 0.25) is 0 Å². The SMILES string of the molecule is CCN(CC)c1ccc(C=NNC(=O)COc2ccc(C)cc2[N+](=O)[O-])cc1. The number of anilines is 1. The number of nitrogens with zero attached hydrogens (tertiary/aromatic N) is 3. The van der Waals surface area contributed by atoms with Gasteiger partial charge >= 0.3 is 5.69 Å². The molecule has 0 fully saturated rings. The predicted molar refractivity (Wildman–Crippen MR) is 109 cm³/mol. The molecule has 1 amide bonds. The van der Waals surface area contributed by atoms with Gasteiger partial charge in [-0.15, -0.1) is 0 Å². The van der Waals surface area contributed by atoms with E-state index in [0.29, 0.717) is 0 Å². The van der Waals surface area contributed by atoms with Crippen LogP contribution in [0.5, 0.6) is 5.75 Å². The second-order valence-electron chi connectivity index (χ2n) is 6.07. The van der Waals surface area contributed by atoms with E-state index in [9.17, 15) is 14.9 Å². The molecule has 0 heterocycles. The number of nitrogens with one attached hydrogen (secondary N) is 1. The van der Waals surface area contributed by atoms with Crippen LogP contribution in [-0.2, 0) is 4.79 Å². The molecule has 2 aromatic rings. The van der Waals surface area contributed by atoms with E-state index >= 15 is 0 Å². The minimum Gasteiger partial charge on any atom is -0.477 e. The van der Waals surface area contributed by atoms with Gasteiger partial charge < -0.3 is 9.64 Å². The van der Waals surface area contributed by atoms with Crippen molar-refractivity contribution in [2.24, 2.45) is 5.10 Å². The van der Waals surface area contributed by atoms with Crippen molar-refractivity contribution >= 4 is 23.5 Å². The molecule has 2 rings (SSSR count). The van der Waals surface area contributed by atoms with Crippen LogP contribution in [0.25, 0.3) is 0 Å². The Balaban J connectivity index is 1.88. The predicted octanol–water partition coefficient (Wildman–Crippen LogP) is 3.28. The van der Waals surface area contributed by atoms with Gasteiger partial charge in [-0.25, -0.2) is 5.43 Å². The molecular formula is C20H24N4O4. The third kappa shape index (κ3) is 5.80. The highest BCUT2D eigenvalue weighted by atomic mass is 16.6. The number of hydrogen-bond donors (Lipinski definition) is 1. The summed E-state index contributed by atoms with van der Waals surface area (Å²) in [7, 11) is 0. The molecule has 0 radical (unpaired) electrons. The summed E-state index contributed by atoms with van der Waals surface area (Å²) in [6, 6.07) is 12.4. The van der Waals surface area contributed by atoms with Crippen molar-refractivity contribution in [3.63, 3.8) is 0 Å². The quantitative estimate of drug-likeness (QED) is 0.406. The summed E-state index contributed by atoms with van der Waals surface area (Å²) >= 11 is 0. The summed E-state index contributed by atoms with van der Waals surface area (Å²) in [6.07, 6.45) is 1.53. The largest absolute Gasteiger partial charge is 0.477 e. The number of aryl methyl sites for hydroxylation is 1. The van der Waals surface area contributed by atoms with Crippen molar-refractivity contribution in [1.29, 1.82) is 0 Å². The molecule has 28 heavy (non-hydrogen) atoms. The second kappa shape index (κ2) is 10.1. The number of hydrazone groups is 1. The fraction of sp³-hybridized carbons (Fsp3) is 0.300. The lowest BCUT2D eigenvalue weighted by Crippen LogP contribution is -2.24. The van der Waals surface area contributed by atoms with Crippen molar-refractivity contribution < 1.29 is 14.5 Å². The van der Waals surface area contributed by atoms with E-state index in [2.05, 4.69) is 29.3 Å². The monoisotopic (exact) mass is 384 g/mol. The number of hydrogen-bond acceptors (Lipinski definition) is 6. The van der Waals surface area contributed by atoms with Gasteiger partial charge in [0.05, 0.1) is 11.1 Å². The third-order valence-electron chi connectivity index (χ3n) is 4.09. The molecule has 148 valence electrons. The smallest absolute Gasteiger partial charge is 0.311 e. The summed E-state index contributed by atoms with van der Waals surface area (Å²) in [5, 5.41) is 14.9. The molecule has 0 atom stereocenters. The van der Waals surface area contributed by atoms with E-state index in [4.69, 9.17) is 4.74 Å². The topological polar surface area (TPSA) is 97.1 Å². The molecule has 2 aromatic carbocycles. The molecule has 8 heteroatoms. The number of nitro benzene ring substituents is 1. The van der Waals surface area contributed by atoms with E-state index in [1.165, 1.54) is 18.3 Å². The van der Waals surface area contributed by atoms with Crippen molar-refractivity contribution in [3.05, 3.63) is 63.7 Å². The summed E-state index contributed by atoms with van der Waals surface area (Å²) in [6.45, 7) is 7.43. The third-order valence-corrected chi connectivity index (χ3v) is 4.09. The number of carbonyl (C=O) groups excluding carboxylic acids is 1. The number of rotatable bonds is 9. The van der Waals surface area contributed by atoms with Crippen molar-refractivity contribution in [2.75, 3.05) is 24.6 Å². The van der Waals surface area contributed by atoms with Gasteiger partial charge in [-0.3, -0.25) is 14.9 Å². The Kier molecular flexibility index (Phi) is 7.50. The van der Waals surface area contributed by atoms with Gasteiger partial charge in [0, 0.05) is 24.8 Å². The fourth-order valence-corrected chi connectivity index (χ4v) is 2.61. The van der Waals surface area contributed by atoms with Crippen molar-refractivity contribution in [1.82, 2.24) is 5.43 Å². The average molecular weight is 384 g/mol. The average Bonchev–Trinajstić information content (AvgIpc) is 2.69. The van der Waals surface area contributed by atoms with Crippen LogP contribution >= 0.6 is 0 Å². The summed E-state index contributed by atoms with van der Waals surface area (Å²) in [4.78, 5) is 24.6. The van der Waals surface area contributed by atoms with Crippen LogP contribution in [0.1, 0.15) is 25.0 Å². The number of benzene rings is 2. The van der Waals surface area contributed by atoms with E-state index in [1.54, 1.807) is 13.0 Å². The first-order chi connectivity index (χ1) is 13.4. The molecule has 0 aliphatic heterocycles. The zero-order valence-electron chi connectivity index (χ0n) is 16.2. The van der Waals surface area contributed by atoms with E-state index in [1.807, 2.05) is 24.3 Å². The minimum atomic E-state index is -0.541. The van der Waals surface area contributed by atoms with Crippen LogP contribution in [-0.4, -0.2) is 36.7 Å². The molecule has 0 unspecified atom stereocenters. The number of amides is 1. The number of nitro groups is 1. The first kappa shape index (κ1) is 20.9. The maximum absolute atomic E-state index is 11.8. The molecule has 0 aliphatic rings. The Labute approximate surface area is 164 Å². The van der Waals surface area contributed by atoms with Gasteiger partial charge in [-0.05, 0) is 50.1 Å². The highest BCUT2D eigenvalue weighted by Gasteiger charge is 2.16. The van der Waals surface area contributed by atoms with Gasteiger partial charge in [0.1, 0.15) is 0 Å². The standard InChI is InChI=1S/C20H24N4O4/c1-4-23(5-2)17-9-7-16(8-10-17)13-21-22-20(25)14-28-19-11-6-15(3)12-18(19)24(26)27/h6-13H,4-5,14H2,1-3H3,(H,22,25). The molecule has 8 nitrogen and oxygen atoms in total. The van der Waals surface area contributed by atoms with E-state index in [-0.39, 0.29) is 18.0 Å². The van der Waals surface area contributed by atoms with Gasteiger partial charge in [0.15, 0.2) is 12.4 Å². The fourth-order valence-electron chi connectivity index (χ4n) is 2.61. The molecule has 0 saturated heterocycles. The lowest BCUT2D eigenvalue weighted by molar-refractivity contribution is -0.385. The molecule has 0 saturated carbocycles. The van der Waals surface area contributed by atoms with Crippen LogP contribution in [0, 0.1) is 17.0 Å².